The molecule has 0 bridgehead atoms. The molecule has 0 aromatic rings. The van der Waals surface area contributed by atoms with Crippen molar-refractivity contribution in [3.8, 4) is 0 Å². The van der Waals surface area contributed by atoms with E-state index in [2.05, 4.69) is 5.32 Å². The van der Waals surface area contributed by atoms with Gasteiger partial charge in [-0.3, -0.25) is 0 Å². The minimum Gasteiger partial charge on any atom is -0.396 e. The average molecular weight is 161 g/mol. The summed E-state index contributed by atoms with van der Waals surface area (Å²) in [7, 11) is 0. The number of nitrogens with one attached hydrogen (secondary N) is 1. The first-order chi connectivity index (χ1) is 5.25. The molecular formula is C7H15NO3. The van der Waals surface area contributed by atoms with Gasteiger partial charge in [-0.25, -0.2) is 0 Å². The predicted octanol–water partition coefficient (Wildman–Crippen LogP) is -1.69. The molecule has 1 aliphatic heterocycles. The van der Waals surface area contributed by atoms with Crippen LogP contribution in [0.1, 0.15) is 6.42 Å². The summed E-state index contributed by atoms with van der Waals surface area (Å²) in [5, 5.41) is 30.1. The van der Waals surface area contributed by atoms with Crippen molar-refractivity contribution in [2.75, 3.05) is 19.7 Å². The Morgan fingerprint density at radius 1 is 1.27 bits per heavy atom. The van der Waals surface area contributed by atoms with Gasteiger partial charge in [0.2, 0.25) is 0 Å². The number of β-amino-alcohol motifs (C(OH)–C–C–N with tert-alkyl or cyclic N) is 1. The van der Waals surface area contributed by atoms with Crippen LogP contribution in [-0.2, 0) is 0 Å². The molecular weight excluding hydrogens is 146 g/mol. The Morgan fingerprint density at radius 3 is 2.64 bits per heavy atom. The van der Waals surface area contributed by atoms with Crippen molar-refractivity contribution in [1.29, 1.82) is 0 Å². The van der Waals surface area contributed by atoms with E-state index in [1.807, 2.05) is 0 Å². The molecule has 0 amide bonds. The van der Waals surface area contributed by atoms with E-state index in [1.165, 1.54) is 0 Å². The van der Waals surface area contributed by atoms with Crippen LogP contribution in [0.3, 0.4) is 0 Å². The van der Waals surface area contributed by atoms with E-state index in [-0.39, 0.29) is 12.5 Å². The second kappa shape index (κ2) is 4.01. The quantitative estimate of drug-likeness (QED) is 0.390. The van der Waals surface area contributed by atoms with Gasteiger partial charge in [0.25, 0.3) is 0 Å². The smallest absolute Gasteiger partial charge is 0.0926 e. The third-order valence-electron chi connectivity index (χ3n) is 2.14. The summed E-state index contributed by atoms with van der Waals surface area (Å²) in [6.07, 6.45) is -0.811. The van der Waals surface area contributed by atoms with Gasteiger partial charge in [0.05, 0.1) is 12.2 Å². The van der Waals surface area contributed by atoms with E-state index in [4.69, 9.17) is 5.11 Å². The third kappa shape index (κ3) is 2.13. The van der Waals surface area contributed by atoms with Crippen molar-refractivity contribution in [1.82, 2.24) is 5.32 Å². The Hall–Kier alpha value is -0.160. The van der Waals surface area contributed by atoms with E-state index < -0.39 is 12.2 Å². The van der Waals surface area contributed by atoms with Gasteiger partial charge in [0.1, 0.15) is 0 Å². The van der Waals surface area contributed by atoms with Gasteiger partial charge in [0, 0.05) is 25.6 Å². The highest BCUT2D eigenvalue weighted by Gasteiger charge is 2.29. The molecule has 66 valence electrons. The minimum absolute atomic E-state index is 0.0104. The number of hydrogen-bond donors (Lipinski definition) is 4. The Bertz CT molecular complexity index is 118. The van der Waals surface area contributed by atoms with E-state index >= 15 is 0 Å². The van der Waals surface area contributed by atoms with Crippen LogP contribution < -0.4 is 5.32 Å². The van der Waals surface area contributed by atoms with Crippen molar-refractivity contribution in [3.05, 3.63) is 0 Å². The normalized spacial score (nSPS) is 39.0. The Labute approximate surface area is 65.9 Å². The number of piperidine rings is 1. The van der Waals surface area contributed by atoms with Crippen molar-refractivity contribution in [2.45, 2.75) is 18.6 Å². The van der Waals surface area contributed by atoms with E-state index in [9.17, 15) is 10.2 Å². The Kier molecular flexibility index (Phi) is 3.26. The molecule has 1 saturated heterocycles. The fourth-order valence-electron chi connectivity index (χ4n) is 1.41. The Morgan fingerprint density at radius 2 is 2.00 bits per heavy atom. The zero-order chi connectivity index (χ0) is 8.27. The average Bonchev–Trinajstić information content (AvgIpc) is 1.99. The van der Waals surface area contributed by atoms with Gasteiger partial charge in [-0.05, 0) is 6.42 Å². The summed E-state index contributed by atoms with van der Waals surface area (Å²) >= 11 is 0. The lowest BCUT2D eigenvalue weighted by Gasteiger charge is -2.32. The van der Waals surface area contributed by atoms with Crippen LogP contribution in [0.2, 0.25) is 0 Å². The molecule has 0 aromatic carbocycles. The van der Waals surface area contributed by atoms with Gasteiger partial charge in [-0.15, -0.1) is 0 Å². The summed E-state index contributed by atoms with van der Waals surface area (Å²) in [5.41, 5.74) is 0. The number of hydrogen-bond acceptors (Lipinski definition) is 4. The monoisotopic (exact) mass is 161 g/mol. The molecule has 0 radical (unpaired) electrons. The number of rotatable bonds is 2. The summed E-state index contributed by atoms with van der Waals surface area (Å²) in [6, 6.07) is 0. The zero-order valence-corrected chi connectivity index (χ0v) is 6.40. The molecule has 0 unspecified atom stereocenters. The van der Waals surface area contributed by atoms with E-state index in [0.29, 0.717) is 19.5 Å². The highest BCUT2D eigenvalue weighted by atomic mass is 16.3. The minimum atomic E-state index is -0.680. The van der Waals surface area contributed by atoms with Crippen molar-refractivity contribution in [3.63, 3.8) is 0 Å². The molecule has 3 atom stereocenters. The summed E-state index contributed by atoms with van der Waals surface area (Å²) in [6.45, 7) is 1.19. The summed E-state index contributed by atoms with van der Waals surface area (Å²) in [5.74, 6) is -0.0104. The third-order valence-corrected chi connectivity index (χ3v) is 2.14. The lowest BCUT2D eigenvalue weighted by Crippen LogP contribution is -2.50. The van der Waals surface area contributed by atoms with Gasteiger partial charge in [0.15, 0.2) is 0 Å². The second-order valence-corrected chi connectivity index (χ2v) is 2.99. The van der Waals surface area contributed by atoms with Crippen LogP contribution in [0, 0.1) is 5.92 Å². The lowest BCUT2D eigenvalue weighted by molar-refractivity contribution is -0.0404. The molecule has 1 heterocycles. The predicted molar refractivity (Wildman–Crippen MR) is 40.1 cm³/mol. The van der Waals surface area contributed by atoms with Crippen molar-refractivity contribution < 1.29 is 15.3 Å². The molecule has 0 aliphatic carbocycles. The molecule has 4 heteroatoms. The van der Waals surface area contributed by atoms with Gasteiger partial charge in [-0.2, -0.15) is 0 Å². The maximum absolute atomic E-state index is 9.37. The lowest BCUT2D eigenvalue weighted by atomic mass is 9.91. The molecule has 0 spiro atoms. The highest BCUT2D eigenvalue weighted by Crippen LogP contribution is 2.14. The topological polar surface area (TPSA) is 72.7 Å². The number of aliphatic hydroxyl groups excluding tert-OH is 3. The van der Waals surface area contributed by atoms with Gasteiger partial charge < -0.3 is 20.6 Å². The highest BCUT2D eigenvalue weighted by molar-refractivity contribution is 4.83. The van der Waals surface area contributed by atoms with Gasteiger partial charge in [-0.1, -0.05) is 0 Å². The van der Waals surface area contributed by atoms with Gasteiger partial charge >= 0.3 is 0 Å². The molecule has 0 aromatic heterocycles. The van der Waals surface area contributed by atoms with Crippen LogP contribution in [0.5, 0.6) is 0 Å². The second-order valence-electron chi connectivity index (χ2n) is 2.99. The van der Waals surface area contributed by atoms with Crippen molar-refractivity contribution >= 4 is 0 Å². The maximum atomic E-state index is 9.37. The molecule has 1 aliphatic rings. The van der Waals surface area contributed by atoms with E-state index in [0.717, 1.165) is 0 Å². The fraction of sp³-hybridized carbons (Fsp3) is 1.00. The molecule has 11 heavy (non-hydrogen) atoms. The summed E-state index contributed by atoms with van der Waals surface area (Å²) in [4.78, 5) is 0. The molecule has 4 N–H and O–H groups in total. The SMILES string of the molecule is OCC[C@@H]1CNC[C@@H](O)[C@@H]1O. The van der Waals surface area contributed by atoms with Crippen LogP contribution in [-0.4, -0.2) is 47.2 Å². The van der Waals surface area contributed by atoms with Crippen LogP contribution in [0.15, 0.2) is 0 Å². The van der Waals surface area contributed by atoms with Crippen LogP contribution >= 0.6 is 0 Å². The first-order valence-corrected chi connectivity index (χ1v) is 3.93. The number of aliphatic hydroxyl groups is 3. The van der Waals surface area contributed by atoms with Crippen molar-refractivity contribution in [2.24, 2.45) is 5.92 Å². The largest absolute Gasteiger partial charge is 0.396 e. The first kappa shape index (κ1) is 8.93. The zero-order valence-electron chi connectivity index (χ0n) is 6.40. The van der Waals surface area contributed by atoms with E-state index in [1.54, 1.807) is 0 Å². The molecule has 1 fully saturated rings. The maximum Gasteiger partial charge on any atom is 0.0926 e. The standard InChI is InChI=1S/C7H15NO3/c9-2-1-5-3-8-4-6(10)7(5)11/h5-11H,1-4H2/t5-,6-,7-/m1/s1. The fourth-order valence-corrected chi connectivity index (χ4v) is 1.41. The first-order valence-electron chi connectivity index (χ1n) is 3.93. The molecule has 1 rings (SSSR count). The molecule has 4 nitrogen and oxygen atoms in total. The van der Waals surface area contributed by atoms with Crippen LogP contribution in [0.25, 0.3) is 0 Å². The van der Waals surface area contributed by atoms with Crippen LogP contribution in [0.4, 0.5) is 0 Å². The molecule has 0 saturated carbocycles. The Balaban J connectivity index is 2.38. The summed E-state index contributed by atoms with van der Waals surface area (Å²) < 4.78 is 0.